The number of amides is 4. The number of thioether (sulfide) groups is 1. The van der Waals surface area contributed by atoms with E-state index in [1.807, 2.05) is 24.3 Å². The highest BCUT2D eigenvalue weighted by atomic mass is 32.2. The third-order valence-electron chi connectivity index (χ3n) is 4.25. The van der Waals surface area contributed by atoms with Gasteiger partial charge in [0.25, 0.3) is 5.22 Å². The van der Waals surface area contributed by atoms with E-state index in [0.717, 1.165) is 22.0 Å². The van der Waals surface area contributed by atoms with E-state index in [1.165, 1.54) is 11.3 Å². The minimum absolute atomic E-state index is 0.0773. The zero-order valence-corrected chi connectivity index (χ0v) is 16.8. The second kappa shape index (κ2) is 8.17. The molecule has 4 amide bonds. The predicted octanol–water partition coefficient (Wildman–Crippen LogP) is 1.80. The second-order valence-corrected chi connectivity index (χ2v) is 8.30. The van der Waals surface area contributed by atoms with E-state index >= 15 is 0 Å². The first-order chi connectivity index (χ1) is 14.0. The molecule has 1 aromatic carbocycles. The van der Waals surface area contributed by atoms with E-state index in [1.54, 1.807) is 6.92 Å². The SMILES string of the molecule is CC1NC(=O)NC(=O)C1Cc1nnc(SCC(=O)Nc2nc3ccccc3s2)o1. The molecule has 4 rings (SSSR count). The van der Waals surface area contributed by atoms with Gasteiger partial charge in [0.15, 0.2) is 5.13 Å². The lowest BCUT2D eigenvalue weighted by molar-refractivity contribution is -0.125. The van der Waals surface area contributed by atoms with Gasteiger partial charge in [-0.15, -0.1) is 10.2 Å². The van der Waals surface area contributed by atoms with Crippen LogP contribution in [0.15, 0.2) is 33.9 Å². The minimum atomic E-state index is -0.514. The molecule has 1 fully saturated rings. The number of nitrogens with zero attached hydrogens (tertiary/aromatic N) is 3. The Morgan fingerprint density at radius 1 is 1.31 bits per heavy atom. The molecule has 0 bridgehead atoms. The zero-order chi connectivity index (χ0) is 20.4. The number of carbonyl (C=O) groups is 3. The number of thiazole rings is 1. The van der Waals surface area contributed by atoms with Gasteiger partial charge in [0.1, 0.15) is 0 Å². The summed E-state index contributed by atoms with van der Waals surface area (Å²) in [4.78, 5) is 39.7. The number of benzene rings is 1. The number of hydrogen-bond acceptors (Lipinski definition) is 9. The molecule has 0 radical (unpaired) electrons. The second-order valence-electron chi connectivity index (χ2n) is 6.35. The topological polar surface area (TPSA) is 139 Å². The van der Waals surface area contributed by atoms with E-state index in [-0.39, 0.29) is 41.1 Å². The summed E-state index contributed by atoms with van der Waals surface area (Å²) in [6.07, 6.45) is 0.193. The quantitative estimate of drug-likeness (QED) is 0.501. The first kappa shape index (κ1) is 19.3. The molecule has 3 heterocycles. The molecule has 12 heteroatoms. The Bertz CT molecular complexity index is 1050. The lowest BCUT2D eigenvalue weighted by Crippen LogP contribution is -2.57. The van der Waals surface area contributed by atoms with Gasteiger partial charge in [0.05, 0.1) is 21.9 Å². The van der Waals surface area contributed by atoms with Crippen LogP contribution in [0.1, 0.15) is 12.8 Å². The summed E-state index contributed by atoms with van der Waals surface area (Å²) < 4.78 is 6.51. The Hall–Kier alpha value is -2.99. The van der Waals surface area contributed by atoms with Crippen molar-refractivity contribution in [1.29, 1.82) is 0 Å². The zero-order valence-electron chi connectivity index (χ0n) is 15.2. The smallest absolute Gasteiger partial charge is 0.321 e. The van der Waals surface area contributed by atoms with Crippen LogP contribution < -0.4 is 16.0 Å². The third kappa shape index (κ3) is 4.54. The first-order valence-corrected chi connectivity index (χ1v) is 10.5. The maximum absolute atomic E-state index is 12.2. The van der Waals surface area contributed by atoms with Gasteiger partial charge in [-0.2, -0.15) is 0 Å². The molecule has 150 valence electrons. The van der Waals surface area contributed by atoms with Crippen LogP contribution in [0.4, 0.5) is 9.93 Å². The molecular formula is C17H16N6O4S2. The summed E-state index contributed by atoms with van der Waals surface area (Å²) in [7, 11) is 0. The van der Waals surface area contributed by atoms with Gasteiger partial charge < -0.3 is 15.1 Å². The van der Waals surface area contributed by atoms with Gasteiger partial charge >= 0.3 is 6.03 Å². The van der Waals surface area contributed by atoms with Crippen LogP contribution >= 0.6 is 23.1 Å². The fraction of sp³-hybridized carbons (Fsp3) is 0.294. The van der Waals surface area contributed by atoms with Crippen molar-refractivity contribution in [1.82, 2.24) is 25.8 Å². The Balaban J connectivity index is 1.30. The lowest BCUT2D eigenvalue weighted by atomic mass is 9.95. The van der Waals surface area contributed by atoms with Crippen LogP contribution in [0.5, 0.6) is 0 Å². The first-order valence-electron chi connectivity index (χ1n) is 8.70. The fourth-order valence-corrected chi connectivity index (χ4v) is 4.28. The van der Waals surface area contributed by atoms with Gasteiger partial charge in [-0.3, -0.25) is 14.9 Å². The summed E-state index contributed by atoms with van der Waals surface area (Å²) >= 11 is 2.49. The summed E-state index contributed by atoms with van der Waals surface area (Å²) in [5.74, 6) is -0.787. The summed E-state index contributed by atoms with van der Waals surface area (Å²) in [5, 5.41) is 16.2. The molecule has 2 atom stereocenters. The van der Waals surface area contributed by atoms with Crippen molar-refractivity contribution in [3.63, 3.8) is 0 Å². The number of anilines is 1. The van der Waals surface area contributed by atoms with Crippen LogP contribution in [0.2, 0.25) is 0 Å². The van der Waals surface area contributed by atoms with Gasteiger partial charge in [-0.05, 0) is 19.1 Å². The number of hydrogen-bond donors (Lipinski definition) is 3. The summed E-state index contributed by atoms with van der Waals surface area (Å²) in [6.45, 7) is 1.74. The van der Waals surface area contributed by atoms with Crippen molar-refractivity contribution >= 4 is 56.3 Å². The minimum Gasteiger partial charge on any atom is -0.416 e. The number of rotatable bonds is 6. The Morgan fingerprint density at radius 2 is 2.14 bits per heavy atom. The molecule has 3 N–H and O–H groups in total. The Kier molecular flexibility index (Phi) is 5.45. The number of aromatic nitrogens is 3. The van der Waals surface area contributed by atoms with Crippen LogP contribution in [0.25, 0.3) is 10.2 Å². The molecule has 1 saturated heterocycles. The molecule has 29 heavy (non-hydrogen) atoms. The highest BCUT2D eigenvalue weighted by Crippen LogP contribution is 2.26. The summed E-state index contributed by atoms with van der Waals surface area (Å²) in [6, 6.07) is 6.77. The lowest BCUT2D eigenvalue weighted by Gasteiger charge is -2.27. The average Bonchev–Trinajstić information content (AvgIpc) is 3.29. The number of fused-ring (bicyclic) bond motifs is 1. The Morgan fingerprint density at radius 3 is 2.93 bits per heavy atom. The van der Waals surface area contributed by atoms with Gasteiger partial charge in [0, 0.05) is 12.5 Å². The Labute approximate surface area is 172 Å². The van der Waals surface area contributed by atoms with E-state index < -0.39 is 11.9 Å². The summed E-state index contributed by atoms with van der Waals surface area (Å²) in [5.41, 5.74) is 0.833. The maximum Gasteiger partial charge on any atom is 0.321 e. The molecule has 0 saturated carbocycles. The highest BCUT2D eigenvalue weighted by Gasteiger charge is 2.34. The number of urea groups is 1. The normalized spacial score (nSPS) is 19.1. The van der Waals surface area contributed by atoms with Gasteiger partial charge in [0.2, 0.25) is 17.7 Å². The molecule has 3 aromatic rings. The number of imide groups is 1. The molecule has 1 aliphatic rings. The van der Waals surface area contributed by atoms with Crippen molar-refractivity contribution in [3.05, 3.63) is 30.2 Å². The molecule has 1 aliphatic heterocycles. The molecular weight excluding hydrogens is 416 g/mol. The predicted molar refractivity (Wildman–Crippen MR) is 107 cm³/mol. The maximum atomic E-state index is 12.2. The van der Waals surface area contributed by atoms with Gasteiger partial charge in [-0.1, -0.05) is 35.2 Å². The largest absolute Gasteiger partial charge is 0.416 e. The monoisotopic (exact) mass is 432 g/mol. The van der Waals surface area contributed by atoms with Crippen LogP contribution in [-0.4, -0.2) is 44.8 Å². The van der Waals surface area contributed by atoms with Crippen LogP contribution in [0, 0.1) is 5.92 Å². The van der Waals surface area contributed by atoms with Crippen molar-refractivity contribution in [2.75, 3.05) is 11.1 Å². The van der Waals surface area contributed by atoms with Crippen LogP contribution in [-0.2, 0) is 16.0 Å². The van der Waals surface area contributed by atoms with Crippen molar-refractivity contribution < 1.29 is 18.8 Å². The van der Waals surface area contributed by atoms with E-state index in [2.05, 4.69) is 31.1 Å². The fourth-order valence-electron chi connectivity index (χ4n) is 2.82. The van der Waals surface area contributed by atoms with E-state index in [0.29, 0.717) is 5.13 Å². The number of para-hydroxylation sites is 1. The van der Waals surface area contributed by atoms with Crippen molar-refractivity contribution in [2.45, 2.75) is 24.6 Å². The third-order valence-corrected chi connectivity index (χ3v) is 6.02. The molecule has 0 aliphatic carbocycles. The average molecular weight is 432 g/mol. The number of nitrogens with one attached hydrogen (secondary N) is 3. The van der Waals surface area contributed by atoms with E-state index in [9.17, 15) is 14.4 Å². The molecule has 10 nitrogen and oxygen atoms in total. The van der Waals surface area contributed by atoms with Crippen LogP contribution in [0.3, 0.4) is 0 Å². The van der Waals surface area contributed by atoms with E-state index in [4.69, 9.17) is 4.42 Å². The van der Waals surface area contributed by atoms with Crippen molar-refractivity contribution in [2.24, 2.45) is 5.92 Å². The molecule has 0 spiro atoms. The molecule has 2 unspecified atom stereocenters. The van der Waals surface area contributed by atoms with Gasteiger partial charge in [-0.25, -0.2) is 9.78 Å². The molecule has 2 aromatic heterocycles. The highest BCUT2D eigenvalue weighted by molar-refractivity contribution is 7.99. The standard InChI is InChI=1S/C17H16N6O4S2/c1-8-9(14(25)21-15(26)18-8)6-13-22-23-17(27-13)28-7-12(24)20-16-19-10-4-2-3-5-11(10)29-16/h2-5,8-9H,6-7H2,1H3,(H,19,20,24)(H2,18,21,25,26). The number of carbonyl (C=O) groups excluding carboxylic acids is 3. The van der Waals surface area contributed by atoms with Crippen molar-refractivity contribution in [3.8, 4) is 0 Å².